The average molecular weight is 767 g/mol. The minimum atomic E-state index is -2.07. The number of phenolic OH excluding ortho intramolecular Hbond substituents is 3. The maximum Gasteiger partial charge on any atom is 0.312 e. The zero-order valence-electron chi connectivity index (χ0n) is 32.5. The first kappa shape index (κ1) is 41.5. The van der Waals surface area contributed by atoms with Gasteiger partial charge in [-0.1, -0.05) is 45.9 Å². The molecule has 55 heavy (non-hydrogen) atoms. The number of allylic oxidation sites excluding steroid dienone is 2. The summed E-state index contributed by atoms with van der Waals surface area (Å²) in [5, 5.41) is 88.0. The predicted molar refractivity (Wildman–Crippen MR) is 206 cm³/mol. The van der Waals surface area contributed by atoms with Gasteiger partial charge in [-0.15, -0.1) is 0 Å². The van der Waals surface area contributed by atoms with Gasteiger partial charge in [0.05, 0.1) is 59.1 Å². The molecule has 1 saturated heterocycles. The van der Waals surface area contributed by atoms with Crippen LogP contribution in [0.25, 0.3) is 10.8 Å². The number of hydrogen-bond acceptors (Lipinski definition) is 14. The number of carbonyl (C=O) groups excluding carboxylic acids is 2. The van der Waals surface area contributed by atoms with E-state index in [-0.39, 0.29) is 44.5 Å². The maximum absolute atomic E-state index is 14.2. The second kappa shape index (κ2) is 16.2. The number of hydrazone groups is 1. The third-order valence-corrected chi connectivity index (χ3v) is 11.4. The molecule has 0 spiro atoms. The van der Waals surface area contributed by atoms with E-state index in [1.165, 1.54) is 39.1 Å². The van der Waals surface area contributed by atoms with Crippen LogP contribution in [0.1, 0.15) is 63.0 Å². The Kier molecular flexibility index (Phi) is 12.2. The first-order valence-corrected chi connectivity index (χ1v) is 18.5. The highest BCUT2D eigenvalue weighted by Gasteiger charge is 2.49. The Morgan fingerprint density at radius 3 is 2.13 bits per heavy atom. The number of aromatic hydroxyl groups is 3. The number of aliphatic hydroxyl groups is 4. The largest absolute Gasteiger partial charge is 0.507 e. The number of carbonyl (C=O) groups is 2. The molecular weight excluding hydrogens is 712 g/mol. The van der Waals surface area contributed by atoms with E-state index in [0.717, 1.165) is 19.4 Å². The fourth-order valence-corrected chi connectivity index (χ4v) is 7.25. The summed E-state index contributed by atoms with van der Waals surface area (Å²) in [5.41, 5.74) is -0.399. The lowest BCUT2D eigenvalue weighted by atomic mass is 9.78. The molecule has 6 rings (SSSR count). The molecule has 15 heteroatoms. The first-order chi connectivity index (χ1) is 25.8. The van der Waals surface area contributed by atoms with Crippen LogP contribution in [0, 0.1) is 30.6 Å². The van der Waals surface area contributed by atoms with Crippen LogP contribution in [0.3, 0.4) is 0 Å². The van der Waals surface area contributed by atoms with Crippen molar-refractivity contribution in [2.24, 2.45) is 28.8 Å². The number of amides is 1. The van der Waals surface area contributed by atoms with Crippen molar-refractivity contribution >= 4 is 34.4 Å². The van der Waals surface area contributed by atoms with Crippen LogP contribution in [0.15, 0.2) is 41.2 Å². The zero-order chi connectivity index (χ0) is 40.7. The Morgan fingerprint density at radius 1 is 0.855 bits per heavy atom. The SMILES string of the molecule is C/C1=C/C=C/[C@H](C)[C@H](O)[C@@H](C)[C@@H](O)[C@@H](C)[C@H](O)[C@H](C)[C@@H](O)C=CO[C@@]2(C)Oc3c(C)c(O)c4c(O)c(c(/C=N/N5CCN(C)CC5)c(O)c4c3C2=O)NC1=O. The summed E-state index contributed by atoms with van der Waals surface area (Å²) in [6.07, 6.45) is 3.51. The van der Waals surface area contributed by atoms with Crippen LogP contribution < -0.4 is 10.1 Å². The summed E-state index contributed by atoms with van der Waals surface area (Å²) in [6.45, 7) is 13.4. The molecule has 0 saturated carbocycles. The van der Waals surface area contributed by atoms with E-state index in [9.17, 15) is 45.3 Å². The van der Waals surface area contributed by atoms with Gasteiger partial charge in [0.2, 0.25) is 0 Å². The molecule has 4 aliphatic rings. The zero-order valence-corrected chi connectivity index (χ0v) is 32.5. The summed E-state index contributed by atoms with van der Waals surface area (Å²) in [4.78, 5) is 30.0. The molecule has 15 nitrogen and oxygen atoms in total. The molecule has 1 amide bonds. The summed E-state index contributed by atoms with van der Waals surface area (Å²) in [5.74, 6) is -8.18. The number of anilines is 1. The number of likely N-dealkylation sites (N-methyl/N-ethyl adjacent to an activating group) is 1. The number of hydrogen-bond donors (Lipinski definition) is 8. The fraction of sp³-hybridized carbons (Fsp3) is 0.525. The third kappa shape index (κ3) is 7.89. The van der Waals surface area contributed by atoms with Gasteiger partial charge in [0, 0.05) is 73.3 Å². The monoisotopic (exact) mass is 766 g/mol. The molecule has 0 aliphatic carbocycles. The number of Topliss-reactive ketones (excluding diaryl/α,β-unsaturated/α-hetero) is 1. The van der Waals surface area contributed by atoms with Crippen molar-refractivity contribution in [3.05, 3.63) is 52.8 Å². The number of ketones is 1. The van der Waals surface area contributed by atoms with Gasteiger partial charge in [0.15, 0.2) is 5.75 Å². The van der Waals surface area contributed by atoms with Crippen LogP contribution in [-0.4, -0.2) is 127 Å². The normalized spacial score (nSPS) is 33.1. The van der Waals surface area contributed by atoms with Gasteiger partial charge in [-0.05, 0) is 27.0 Å². The lowest BCUT2D eigenvalue weighted by molar-refractivity contribution is -0.112. The minimum Gasteiger partial charge on any atom is -0.507 e. The van der Waals surface area contributed by atoms with Gasteiger partial charge < -0.3 is 55.4 Å². The summed E-state index contributed by atoms with van der Waals surface area (Å²) >= 11 is 0. The molecule has 0 radical (unpaired) electrons. The van der Waals surface area contributed by atoms with E-state index in [1.807, 2.05) is 7.05 Å². The number of rotatable bonds is 2. The smallest absolute Gasteiger partial charge is 0.312 e. The van der Waals surface area contributed by atoms with Crippen LogP contribution in [0.2, 0.25) is 0 Å². The first-order valence-electron chi connectivity index (χ1n) is 18.5. The highest BCUT2D eigenvalue weighted by Crippen LogP contribution is 2.55. The molecule has 1 fully saturated rings. The Hall–Kier alpha value is -4.67. The molecule has 2 aromatic carbocycles. The highest BCUT2D eigenvalue weighted by atomic mass is 16.7. The van der Waals surface area contributed by atoms with Crippen molar-refractivity contribution in [2.75, 3.05) is 38.5 Å². The summed E-state index contributed by atoms with van der Waals surface area (Å²) < 4.78 is 11.8. The Balaban J connectivity index is 1.69. The molecule has 8 N–H and O–H groups in total. The second-order valence-electron chi connectivity index (χ2n) is 15.3. The molecule has 300 valence electrons. The van der Waals surface area contributed by atoms with Gasteiger partial charge in [0.25, 0.3) is 11.7 Å². The maximum atomic E-state index is 14.2. The fourth-order valence-electron chi connectivity index (χ4n) is 7.25. The Bertz CT molecular complexity index is 1940. The number of aliphatic hydroxyl groups excluding tert-OH is 4. The molecule has 0 unspecified atom stereocenters. The number of nitrogens with zero attached hydrogens (tertiary/aromatic N) is 3. The topological polar surface area (TPSA) is 225 Å². The van der Waals surface area contributed by atoms with E-state index in [4.69, 9.17) is 9.47 Å². The van der Waals surface area contributed by atoms with Crippen molar-refractivity contribution in [1.29, 1.82) is 0 Å². The molecule has 9 atom stereocenters. The average Bonchev–Trinajstić information content (AvgIpc) is 3.42. The van der Waals surface area contributed by atoms with E-state index in [2.05, 4.69) is 15.3 Å². The molecule has 4 aliphatic heterocycles. The van der Waals surface area contributed by atoms with E-state index in [0.29, 0.717) is 13.1 Å². The van der Waals surface area contributed by atoms with Gasteiger partial charge in [0.1, 0.15) is 17.2 Å². The van der Waals surface area contributed by atoms with Crippen molar-refractivity contribution < 1.29 is 54.8 Å². The van der Waals surface area contributed by atoms with E-state index in [1.54, 1.807) is 44.9 Å². The Morgan fingerprint density at radius 2 is 1.47 bits per heavy atom. The quantitative estimate of drug-likeness (QED) is 0.125. The lowest BCUT2D eigenvalue weighted by Crippen LogP contribution is -2.44. The van der Waals surface area contributed by atoms with Crippen molar-refractivity contribution in [1.82, 2.24) is 9.91 Å². The molecule has 5 bridgehead atoms. The standard InChI is InChI=1S/C40H54N4O11/c1-19-10-9-11-20(2)39(53)42-30-25(18-41-44-15-13-43(8)14-16-44)35(50)27-28(36(30)51)34(49)24(6)37-29(27)38(52)40(7,55-37)54-17-12-26(45)21(3)32(47)23(5)33(48)22(4)31(19)46/h9-12,17-19,21-23,26,31-33,45-51H,13-16H2,1-8H3,(H,42,53)/b10-9+,17-12?,20-11-,41-18+/t19-,21+,22+,23-,26-,31-,32+,33+,40-/m0/s1. The van der Waals surface area contributed by atoms with Gasteiger partial charge >= 0.3 is 5.79 Å². The third-order valence-electron chi connectivity index (χ3n) is 11.4. The molecule has 4 heterocycles. The number of ether oxygens (including phenoxy) is 2. The van der Waals surface area contributed by atoms with Crippen molar-refractivity contribution in [3.8, 4) is 23.0 Å². The summed E-state index contributed by atoms with van der Waals surface area (Å²) in [7, 11) is 1.98. The summed E-state index contributed by atoms with van der Waals surface area (Å²) in [6, 6.07) is 0. The van der Waals surface area contributed by atoms with Crippen LogP contribution in [0.5, 0.6) is 23.0 Å². The van der Waals surface area contributed by atoms with Crippen LogP contribution in [-0.2, 0) is 9.53 Å². The van der Waals surface area contributed by atoms with E-state index >= 15 is 0 Å². The number of benzene rings is 2. The number of fused-ring (bicyclic) bond motifs is 14. The van der Waals surface area contributed by atoms with Gasteiger partial charge in [-0.25, -0.2) is 0 Å². The van der Waals surface area contributed by atoms with Gasteiger partial charge in [-0.2, -0.15) is 5.10 Å². The van der Waals surface area contributed by atoms with E-state index < -0.39 is 82.8 Å². The predicted octanol–water partition coefficient (Wildman–Crippen LogP) is 3.11. The second-order valence-corrected chi connectivity index (χ2v) is 15.3. The van der Waals surface area contributed by atoms with Crippen molar-refractivity contribution in [3.63, 3.8) is 0 Å². The highest BCUT2D eigenvalue weighted by molar-refractivity contribution is 6.23. The minimum absolute atomic E-state index is 0.0413. The lowest BCUT2D eigenvalue weighted by Gasteiger charge is -2.35. The van der Waals surface area contributed by atoms with Gasteiger partial charge in [-0.3, -0.25) is 14.6 Å². The number of phenols is 3. The molecular formula is C40H54N4O11. The molecule has 0 aromatic heterocycles. The van der Waals surface area contributed by atoms with Crippen LogP contribution >= 0.6 is 0 Å². The number of piperazine rings is 1. The number of nitrogens with one attached hydrogen (secondary N) is 1. The molecule has 2 aromatic rings. The Labute approximate surface area is 320 Å². The van der Waals surface area contributed by atoms with Crippen LogP contribution in [0.4, 0.5) is 5.69 Å². The van der Waals surface area contributed by atoms with Crippen molar-refractivity contribution in [2.45, 2.75) is 78.7 Å².